The van der Waals surface area contributed by atoms with Gasteiger partial charge in [-0.3, -0.25) is 14.7 Å². The van der Waals surface area contributed by atoms with E-state index in [1.807, 2.05) is 17.0 Å². The van der Waals surface area contributed by atoms with E-state index in [9.17, 15) is 4.79 Å². The molecule has 5 rings (SSSR count). The van der Waals surface area contributed by atoms with Crippen LogP contribution in [0, 0.1) is 5.92 Å². The van der Waals surface area contributed by atoms with E-state index >= 15 is 0 Å². The molecule has 170 valence electrons. The lowest BCUT2D eigenvalue weighted by Gasteiger charge is -2.32. The minimum absolute atomic E-state index is 0.0671. The van der Waals surface area contributed by atoms with Crippen LogP contribution in [-0.2, 0) is 19.5 Å². The summed E-state index contributed by atoms with van der Waals surface area (Å²) in [6, 6.07) is 20.9. The van der Waals surface area contributed by atoms with E-state index in [4.69, 9.17) is 4.74 Å². The molecule has 1 unspecified atom stereocenters. The zero-order valence-electron chi connectivity index (χ0n) is 19.0. The molecule has 1 fully saturated rings. The van der Waals surface area contributed by atoms with Gasteiger partial charge in [-0.15, -0.1) is 0 Å². The number of amides is 1. The Morgan fingerprint density at radius 2 is 1.85 bits per heavy atom. The summed E-state index contributed by atoms with van der Waals surface area (Å²) < 4.78 is 6.11. The number of fused-ring (bicyclic) bond motifs is 1. The Kier molecular flexibility index (Phi) is 6.68. The number of aromatic nitrogens is 1. The Labute approximate surface area is 196 Å². The number of carbonyl (C=O) groups is 1. The summed E-state index contributed by atoms with van der Waals surface area (Å²) in [6.07, 6.45) is 6.56. The summed E-state index contributed by atoms with van der Waals surface area (Å²) >= 11 is 0. The van der Waals surface area contributed by atoms with Crippen LogP contribution in [0.5, 0.6) is 5.75 Å². The maximum absolute atomic E-state index is 12.7. The van der Waals surface area contributed by atoms with Crippen LogP contribution in [0.15, 0.2) is 73.1 Å². The van der Waals surface area contributed by atoms with E-state index in [-0.39, 0.29) is 5.91 Å². The van der Waals surface area contributed by atoms with E-state index in [1.54, 1.807) is 12.4 Å². The summed E-state index contributed by atoms with van der Waals surface area (Å²) in [6.45, 7) is 5.26. The smallest absolute Gasteiger partial charge is 0.255 e. The number of hydrogen-bond donors (Lipinski definition) is 0. The van der Waals surface area contributed by atoms with Crippen molar-refractivity contribution >= 4 is 5.91 Å². The van der Waals surface area contributed by atoms with Gasteiger partial charge in [0.2, 0.25) is 0 Å². The molecule has 0 bridgehead atoms. The quantitative estimate of drug-likeness (QED) is 0.562. The number of carbonyl (C=O) groups excluding carboxylic acids is 1. The Morgan fingerprint density at radius 3 is 2.67 bits per heavy atom. The molecule has 0 aliphatic carbocycles. The molecule has 1 aromatic heterocycles. The monoisotopic (exact) mass is 441 g/mol. The predicted octanol–water partition coefficient (Wildman–Crippen LogP) is 4.57. The molecule has 1 atom stereocenters. The summed E-state index contributed by atoms with van der Waals surface area (Å²) in [5.41, 5.74) is 4.91. The molecule has 0 radical (unpaired) electrons. The molecule has 0 N–H and O–H groups in total. The van der Waals surface area contributed by atoms with Gasteiger partial charge in [-0.2, -0.15) is 0 Å². The van der Waals surface area contributed by atoms with Crippen molar-refractivity contribution in [3.05, 3.63) is 95.3 Å². The fraction of sp³-hybridized carbons (Fsp3) is 0.357. The standard InChI is InChI=1S/C28H31N3O2/c32-28(25-8-3-14-29-17-25)31-15-4-5-23(19-31)21-33-27-11-9-22(10-12-27)18-30-16-13-24-6-1-2-7-26(24)20-30/h1-3,6-12,14,17,23H,4-5,13,15-16,18-21H2. The highest BCUT2D eigenvalue weighted by Gasteiger charge is 2.25. The lowest BCUT2D eigenvalue weighted by molar-refractivity contribution is 0.0633. The summed E-state index contributed by atoms with van der Waals surface area (Å²) in [4.78, 5) is 21.3. The second kappa shape index (κ2) is 10.2. The first-order valence-corrected chi connectivity index (χ1v) is 11.9. The summed E-state index contributed by atoms with van der Waals surface area (Å²) in [5, 5.41) is 0. The maximum Gasteiger partial charge on any atom is 0.255 e. The molecule has 3 heterocycles. The topological polar surface area (TPSA) is 45.7 Å². The molecule has 2 aliphatic heterocycles. The van der Waals surface area contributed by atoms with Crippen molar-refractivity contribution in [2.24, 2.45) is 5.92 Å². The van der Waals surface area contributed by atoms with E-state index in [0.717, 1.165) is 57.7 Å². The Bertz CT molecular complexity index is 1070. The molecule has 2 aromatic carbocycles. The first kappa shape index (κ1) is 21.7. The lowest BCUT2D eigenvalue weighted by Crippen LogP contribution is -2.41. The minimum Gasteiger partial charge on any atom is -0.493 e. The van der Waals surface area contributed by atoms with Gasteiger partial charge in [-0.25, -0.2) is 0 Å². The van der Waals surface area contributed by atoms with Gasteiger partial charge in [-0.05, 0) is 60.2 Å². The van der Waals surface area contributed by atoms with Crippen molar-refractivity contribution in [3.63, 3.8) is 0 Å². The SMILES string of the molecule is O=C(c1cccnc1)N1CCCC(COc2ccc(CN3CCc4ccccc4C3)cc2)C1. The minimum atomic E-state index is 0.0671. The maximum atomic E-state index is 12.7. The molecule has 3 aromatic rings. The molecule has 33 heavy (non-hydrogen) atoms. The molecule has 2 aliphatic rings. The van der Waals surface area contributed by atoms with Gasteiger partial charge in [0.15, 0.2) is 0 Å². The molecule has 1 saturated heterocycles. The van der Waals surface area contributed by atoms with Crippen molar-refractivity contribution in [3.8, 4) is 5.75 Å². The van der Waals surface area contributed by atoms with Crippen LogP contribution in [0.25, 0.3) is 0 Å². The van der Waals surface area contributed by atoms with Gasteiger partial charge in [0.05, 0.1) is 12.2 Å². The second-order valence-corrected chi connectivity index (χ2v) is 9.19. The number of likely N-dealkylation sites (tertiary alicyclic amines) is 1. The van der Waals surface area contributed by atoms with Crippen LogP contribution in [0.1, 0.15) is 39.9 Å². The van der Waals surface area contributed by atoms with Crippen LogP contribution in [-0.4, -0.2) is 46.9 Å². The molecule has 5 heteroatoms. The first-order valence-electron chi connectivity index (χ1n) is 11.9. The number of ether oxygens (including phenoxy) is 1. The highest BCUT2D eigenvalue weighted by atomic mass is 16.5. The summed E-state index contributed by atoms with van der Waals surface area (Å²) in [7, 11) is 0. The third-order valence-corrected chi connectivity index (χ3v) is 6.74. The fourth-order valence-electron chi connectivity index (χ4n) is 4.91. The number of hydrogen-bond acceptors (Lipinski definition) is 4. The number of rotatable bonds is 6. The number of pyridine rings is 1. The lowest BCUT2D eigenvalue weighted by atomic mass is 9.98. The van der Waals surface area contributed by atoms with Crippen LogP contribution in [0.3, 0.4) is 0 Å². The third kappa shape index (κ3) is 5.42. The molecule has 5 nitrogen and oxygen atoms in total. The fourth-order valence-corrected chi connectivity index (χ4v) is 4.91. The van der Waals surface area contributed by atoms with Crippen LogP contribution < -0.4 is 4.74 Å². The predicted molar refractivity (Wildman–Crippen MR) is 129 cm³/mol. The number of piperidine rings is 1. The molecular weight excluding hydrogens is 410 g/mol. The van der Waals surface area contributed by atoms with Crippen molar-refractivity contribution in [1.82, 2.24) is 14.8 Å². The number of nitrogens with zero attached hydrogens (tertiary/aromatic N) is 3. The van der Waals surface area contributed by atoms with Crippen LogP contribution >= 0.6 is 0 Å². The van der Waals surface area contributed by atoms with Crippen molar-refractivity contribution in [2.45, 2.75) is 32.4 Å². The van der Waals surface area contributed by atoms with E-state index in [1.165, 1.54) is 16.7 Å². The van der Waals surface area contributed by atoms with Gasteiger partial charge in [0.25, 0.3) is 5.91 Å². The van der Waals surface area contributed by atoms with E-state index < -0.39 is 0 Å². The van der Waals surface area contributed by atoms with Gasteiger partial charge < -0.3 is 9.64 Å². The van der Waals surface area contributed by atoms with Crippen LogP contribution in [0.2, 0.25) is 0 Å². The number of benzene rings is 2. The Hall–Kier alpha value is -3.18. The Balaban J connectivity index is 1.11. The van der Waals surface area contributed by atoms with Crippen molar-refractivity contribution < 1.29 is 9.53 Å². The second-order valence-electron chi connectivity index (χ2n) is 9.19. The summed E-state index contributed by atoms with van der Waals surface area (Å²) in [5.74, 6) is 1.32. The third-order valence-electron chi connectivity index (χ3n) is 6.74. The van der Waals surface area contributed by atoms with Gasteiger partial charge in [-0.1, -0.05) is 36.4 Å². The largest absolute Gasteiger partial charge is 0.493 e. The molecule has 0 spiro atoms. The van der Waals surface area contributed by atoms with Gasteiger partial charge in [0, 0.05) is 51.0 Å². The van der Waals surface area contributed by atoms with Crippen molar-refractivity contribution in [1.29, 1.82) is 0 Å². The molecule has 0 saturated carbocycles. The van der Waals surface area contributed by atoms with E-state index in [2.05, 4.69) is 58.4 Å². The average molecular weight is 442 g/mol. The average Bonchev–Trinajstić information content (AvgIpc) is 2.88. The van der Waals surface area contributed by atoms with E-state index in [0.29, 0.717) is 18.1 Å². The Morgan fingerprint density at radius 1 is 1.00 bits per heavy atom. The van der Waals surface area contributed by atoms with Crippen LogP contribution in [0.4, 0.5) is 0 Å². The molecular formula is C28H31N3O2. The van der Waals surface area contributed by atoms with Gasteiger partial charge >= 0.3 is 0 Å². The highest BCUT2D eigenvalue weighted by Crippen LogP contribution is 2.23. The first-order chi connectivity index (χ1) is 16.2. The zero-order chi connectivity index (χ0) is 22.5. The highest BCUT2D eigenvalue weighted by molar-refractivity contribution is 5.93. The zero-order valence-corrected chi connectivity index (χ0v) is 19.0. The molecule has 1 amide bonds. The normalized spacial score (nSPS) is 18.5. The van der Waals surface area contributed by atoms with Crippen molar-refractivity contribution in [2.75, 3.05) is 26.2 Å². The van der Waals surface area contributed by atoms with Gasteiger partial charge in [0.1, 0.15) is 5.75 Å².